The van der Waals surface area contributed by atoms with Crippen LogP contribution in [0.4, 0.5) is 10.5 Å². The summed E-state index contributed by atoms with van der Waals surface area (Å²) in [7, 11) is 0. The number of hydrogen-bond acceptors (Lipinski definition) is 4. The molecule has 1 aliphatic heterocycles. The molecule has 1 aliphatic rings. The van der Waals surface area contributed by atoms with Crippen molar-refractivity contribution in [2.24, 2.45) is 16.8 Å². The van der Waals surface area contributed by atoms with Crippen LogP contribution in [0.5, 0.6) is 0 Å². The molecular weight excluding hydrogens is 330 g/mol. The summed E-state index contributed by atoms with van der Waals surface area (Å²) in [6.45, 7) is 4.79. The molecule has 128 valence electrons. The van der Waals surface area contributed by atoms with Crippen LogP contribution in [0.15, 0.2) is 29.3 Å². The monoisotopic (exact) mass is 349 g/mol. The highest BCUT2D eigenvalue weighted by Gasteiger charge is 2.40. The van der Waals surface area contributed by atoms with E-state index in [4.69, 9.17) is 11.6 Å². The lowest BCUT2D eigenvalue weighted by Crippen LogP contribution is -2.58. The van der Waals surface area contributed by atoms with E-state index >= 15 is 0 Å². The molecule has 6 nitrogen and oxygen atoms in total. The first-order valence-corrected chi connectivity index (χ1v) is 8.22. The van der Waals surface area contributed by atoms with Crippen LogP contribution in [0.1, 0.15) is 26.7 Å². The van der Waals surface area contributed by atoms with Gasteiger partial charge in [-0.1, -0.05) is 25.4 Å². The number of hydrogen-bond donors (Lipinski definition) is 1. The normalized spacial score (nSPS) is 18.6. The molecule has 1 heterocycles. The Balaban J connectivity index is 2.10. The minimum atomic E-state index is -1.10. The second kappa shape index (κ2) is 8.06. The molecule has 7 heteroatoms. The Kier molecular flexibility index (Phi) is 6.09. The molecule has 1 saturated heterocycles. The van der Waals surface area contributed by atoms with Crippen molar-refractivity contribution >= 4 is 41.3 Å². The lowest BCUT2D eigenvalue weighted by atomic mass is 10.1. The van der Waals surface area contributed by atoms with Gasteiger partial charge in [0.2, 0.25) is 5.91 Å². The van der Waals surface area contributed by atoms with Crippen molar-refractivity contribution in [3.8, 4) is 0 Å². The maximum absolute atomic E-state index is 12.5. The molecule has 1 aromatic carbocycles. The van der Waals surface area contributed by atoms with Gasteiger partial charge in [0.15, 0.2) is 5.92 Å². The van der Waals surface area contributed by atoms with Gasteiger partial charge in [-0.25, -0.2) is 9.69 Å². The van der Waals surface area contributed by atoms with E-state index < -0.39 is 23.8 Å². The predicted octanol–water partition coefficient (Wildman–Crippen LogP) is 3.05. The fourth-order valence-corrected chi connectivity index (χ4v) is 2.45. The van der Waals surface area contributed by atoms with E-state index in [1.807, 2.05) is 0 Å². The summed E-state index contributed by atoms with van der Waals surface area (Å²) < 4.78 is 0. The van der Waals surface area contributed by atoms with Gasteiger partial charge >= 0.3 is 6.03 Å². The van der Waals surface area contributed by atoms with Gasteiger partial charge in [-0.05, 0) is 43.0 Å². The number of amides is 4. The number of imide groups is 2. The molecule has 1 atom stereocenters. The zero-order valence-corrected chi connectivity index (χ0v) is 14.4. The van der Waals surface area contributed by atoms with Crippen LogP contribution >= 0.6 is 11.6 Å². The third-order valence-electron chi connectivity index (χ3n) is 3.61. The van der Waals surface area contributed by atoms with Gasteiger partial charge in [0.25, 0.3) is 5.91 Å². The Bertz CT molecular complexity index is 656. The molecule has 0 aromatic heterocycles. The highest BCUT2D eigenvalue weighted by molar-refractivity contribution is 6.33. The van der Waals surface area contributed by atoms with Crippen molar-refractivity contribution in [2.75, 3.05) is 11.4 Å². The maximum Gasteiger partial charge on any atom is 0.335 e. The number of carbonyl (C=O) groups is 3. The average Bonchev–Trinajstić information content (AvgIpc) is 2.51. The molecule has 0 bridgehead atoms. The number of aliphatic imine (C=N–C) groups is 1. The SMILES string of the molecule is CC(C)CCCN=CC1C(=O)NC(=O)N(c2ccc(Cl)cc2)C1=O. The Hall–Kier alpha value is -2.21. The van der Waals surface area contributed by atoms with Crippen molar-refractivity contribution in [2.45, 2.75) is 26.7 Å². The third kappa shape index (κ3) is 4.41. The fraction of sp³-hybridized carbons (Fsp3) is 0.412. The van der Waals surface area contributed by atoms with Gasteiger partial charge in [-0.3, -0.25) is 19.9 Å². The third-order valence-corrected chi connectivity index (χ3v) is 3.86. The first-order valence-electron chi connectivity index (χ1n) is 7.84. The van der Waals surface area contributed by atoms with Crippen molar-refractivity contribution in [1.29, 1.82) is 0 Å². The number of carbonyl (C=O) groups excluding carboxylic acids is 3. The largest absolute Gasteiger partial charge is 0.335 e. The Morgan fingerprint density at radius 3 is 2.54 bits per heavy atom. The van der Waals surface area contributed by atoms with E-state index in [1.54, 1.807) is 24.3 Å². The summed E-state index contributed by atoms with van der Waals surface area (Å²) in [5.41, 5.74) is 0.354. The van der Waals surface area contributed by atoms with E-state index in [9.17, 15) is 14.4 Å². The van der Waals surface area contributed by atoms with Gasteiger partial charge in [-0.2, -0.15) is 0 Å². The number of benzene rings is 1. The van der Waals surface area contributed by atoms with Crippen LogP contribution in [0.25, 0.3) is 0 Å². The van der Waals surface area contributed by atoms with Crippen LogP contribution in [0.2, 0.25) is 5.02 Å². The zero-order valence-electron chi connectivity index (χ0n) is 13.7. The Labute approximate surface area is 145 Å². The van der Waals surface area contributed by atoms with E-state index in [-0.39, 0.29) is 0 Å². The average molecular weight is 350 g/mol. The van der Waals surface area contributed by atoms with Crippen LogP contribution in [-0.2, 0) is 9.59 Å². The molecule has 1 fully saturated rings. The summed E-state index contributed by atoms with van der Waals surface area (Å²) >= 11 is 5.82. The molecule has 0 saturated carbocycles. The summed E-state index contributed by atoms with van der Waals surface area (Å²) in [4.78, 5) is 41.5. The molecule has 2 rings (SSSR count). The van der Waals surface area contributed by atoms with Crippen LogP contribution in [-0.4, -0.2) is 30.6 Å². The molecule has 24 heavy (non-hydrogen) atoms. The van der Waals surface area contributed by atoms with Gasteiger partial charge < -0.3 is 0 Å². The van der Waals surface area contributed by atoms with E-state index in [0.29, 0.717) is 23.2 Å². The van der Waals surface area contributed by atoms with Gasteiger partial charge in [0.1, 0.15) is 0 Å². The quantitative estimate of drug-likeness (QED) is 0.487. The van der Waals surface area contributed by atoms with E-state index in [0.717, 1.165) is 17.7 Å². The van der Waals surface area contributed by atoms with Crippen molar-refractivity contribution in [1.82, 2.24) is 5.32 Å². The van der Waals surface area contributed by atoms with Gasteiger partial charge in [-0.15, -0.1) is 0 Å². The van der Waals surface area contributed by atoms with Crippen molar-refractivity contribution in [3.63, 3.8) is 0 Å². The lowest BCUT2D eigenvalue weighted by molar-refractivity contribution is -0.131. The summed E-state index contributed by atoms with van der Waals surface area (Å²) in [5.74, 6) is -1.78. The second-order valence-corrected chi connectivity index (χ2v) is 6.45. The topological polar surface area (TPSA) is 78.8 Å². The van der Waals surface area contributed by atoms with Crippen LogP contribution in [0, 0.1) is 11.8 Å². The molecule has 1 unspecified atom stereocenters. The molecule has 1 N–H and O–H groups in total. The highest BCUT2D eigenvalue weighted by atomic mass is 35.5. The summed E-state index contributed by atoms with van der Waals surface area (Å²) in [6.07, 6.45) is 3.24. The number of rotatable bonds is 6. The number of urea groups is 1. The molecule has 0 aliphatic carbocycles. The summed E-state index contributed by atoms with van der Waals surface area (Å²) in [6, 6.07) is 5.47. The minimum absolute atomic E-state index is 0.354. The second-order valence-electron chi connectivity index (χ2n) is 6.01. The fourth-order valence-electron chi connectivity index (χ4n) is 2.33. The maximum atomic E-state index is 12.5. The standard InChI is InChI=1S/C17H20ClN3O3/c1-11(2)4-3-9-19-10-14-15(22)20-17(24)21(16(14)23)13-7-5-12(18)6-8-13/h5-8,10-11,14H,3-4,9H2,1-2H3,(H,20,22,24). The van der Waals surface area contributed by atoms with E-state index in [2.05, 4.69) is 24.2 Å². The van der Waals surface area contributed by atoms with Crippen LogP contribution < -0.4 is 10.2 Å². The molecule has 0 spiro atoms. The van der Waals surface area contributed by atoms with Crippen molar-refractivity contribution in [3.05, 3.63) is 29.3 Å². The number of nitrogens with zero attached hydrogens (tertiary/aromatic N) is 2. The first kappa shape index (κ1) is 18.1. The van der Waals surface area contributed by atoms with E-state index in [1.165, 1.54) is 6.21 Å². The lowest BCUT2D eigenvalue weighted by Gasteiger charge is -2.28. The number of nitrogens with one attached hydrogen (secondary N) is 1. The van der Waals surface area contributed by atoms with Gasteiger partial charge in [0.05, 0.1) is 5.69 Å². The van der Waals surface area contributed by atoms with Crippen molar-refractivity contribution < 1.29 is 14.4 Å². The first-order chi connectivity index (χ1) is 11.4. The molecule has 1 aromatic rings. The molecule has 0 radical (unpaired) electrons. The minimum Gasteiger partial charge on any atom is -0.296 e. The number of halogens is 1. The molecular formula is C17H20ClN3O3. The Morgan fingerprint density at radius 1 is 1.25 bits per heavy atom. The number of barbiturate groups is 1. The molecule has 4 amide bonds. The smallest absolute Gasteiger partial charge is 0.296 e. The summed E-state index contributed by atoms with van der Waals surface area (Å²) in [5, 5.41) is 2.67. The highest BCUT2D eigenvalue weighted by Crippen LogP contribution is 2.22. The predicted molar refractivity (Wildman–Crippen MR) is 93.4 cm³/mol. The number of anilines is 1. The Morgan fingerprint density at radius 2 is 1.92 bits per heavy atom. The van der Waals surface area contributed by atoms with Gasteiger partial charge in [0, 0.05) is 17.8 Å². The van der Waals surface area contributed by atoms with Crippen LogP contribution in [0.3, 0.4) is 0 Å². The zero-order chi connectivity index (χ0) is 17.7.